The maximum Gasteiger partial charge on any atom is 0.296 e. The molecule has 3 saturated heterocycles. The molecule has 0 unspecified atom stereocenters. The van der Waals surface area contributed by atoms with Crippen molar-refractivity contribution in [3.8, 4) is 6.01 Å². The number of rotatable bonds is 7. The number of aromatic amines is 1. The quantitative estimate of drug-likeness (QED) is 0.532. The van der Waals surface area contributed by atoms with Crippen LogP contribution in [0.15, 0.2) is 30.3 Å². The van der Waals surface area contributed by atoms with Gasteiger partial charge in [0.2, 0.25) is 0 Å². The number of imidazole rings is 1. The third kappa shape index (κ3) is 4.53. The smallest absolute Gasteiger partial charge is 0.296 e. The van der Waals surface area contributed by atoms with Crippen LogP contribution in [0.1, 0.15) is 29.7 Å². The normalized spacial score (nSPS) is 27.0. The van der Waals surface area contributed by atoms with Crippen LogP contribution < -0.4 is 4.74 Å². The number of ether oxygens (including phenoxy) is 3. The van der Waals surface area contributed by atoms with Gasteiger partial charge in [0.25, 0.3) is 6.01 Å². The van der Waals surface area contributed by atoms with Gasteiger partial charge in [0, 0.05) is 6.54 Å². The number of hydrogen-bond donors (Lipinski definition) is 2. The van der Waals surface area contributed by atoms with Crippen molar-refractivity contribution >= 4 is 22.8 Å². The van der Waals surface area contributed by atoms with Gasteiger partial charge in [-0.1, -0.05) is 35.9 Å². The summed E-state index contributed by atoms with van der Waals surface area (Å²) in [6.07, 6.45) is 2.64. The van der Waals surface area contributed by atoms with Crippen LogP contribution in [-0.4, -0.2) is 75.7 Å². The molecule has 9 heteroatoms. The molecule has 3 fully saturated rings. The van der Waals surface area contributed by atoms with Crippen LogP contribution in [0.25, 0.3) is 11.2 Å². The van der Waals surface area contributed by atoms with Crippen LogP contribution in [0, 0.1) is 0 Å². The first-order chi connectivity index (χ1) is 16.6. The largest absolute Gasteiger partial charge is 0.456 e. The van der Waals surface area contributed by atoms with Gasteiger partial charge < -0.3 is 24.3 Å². The fourth-order valence-electron chi connectivity index (χ4n) is 5.13. The maximum atomic E-state index is 9.91. The lowest BCUT2D eigenvalue weighted by Gasteiger charge is -2.15. The zero-order valence-corrected chi connectivity index (χ0v) is 19.7. The van der Waals surface area contributed by atoms with E-state index in [-0.39, 0.29) is 24.9 Å². The van der Waals surface area contributed by atoms with E-state index in [0.29, 0.717) is 23.3 Å². The molecule has 1 aromatic carbocycles. The number of pyridine rings is 1. The van der Waals surface area contributed by atoms with Crippen LogP contribution in [-0.2, 0) is 28.9 Å². The Balaban J connectivity index is 1.10. The van der Waals surface area contributed by atoms with Crippen molar-refractivity contribution in [1.29, 1.82) is 0 Å². The van der Waals surface area contributed by atoms with Crippen molar-refractivity contribution in [2.45, 2.75) is 56.6 Å². The molecule has 0 bridgehead atoms. The molecule has 2 N–H and O–H groups in total. The molecule has 0 saturated carbocycles. The highest BCUT2D eigenvalue weighted by Gasteiger charge is 2.48. The summed E-state index contributed by atoms with van der Waals surface area (Å²) in [6, 6.07) is 11.1. The Kier molecular flexibility index (Phi) is 6.17. The van der Waals surface area contributed by atoms with Gasteiger partial charge in [-0.05, 0) is 56.0 Å². The number of aliphatic hydroxyl groups excluding tert-OH is 1. The molecule has 8 nitrogen and oxygen atoms in total. The summed E-state index contributed by atoms with van der Waals surface area (Å²) in [5, 5.41) is 10.5. The molecule has 4 atom stereocenters. The van der Waals surface area contributed by atoms with Crippen LogP contribution >= 0.6 is 11.6 Å². The highest BCUT2D eigenvalue weighted by molar-refractivity contribution is 6.31. The number of nitrogens with zero attached hydrogens (tertiary/aromatic N) is 3. The van der Waals surface area contributed by atoms with E-state index in [0.717, 1.165) is 30.6 Å². The van der Waals surface area contributed by atoms with E-state index in [1.54, 1.807) is 0 Å². The van der Waals surface area contributed by atoms with Crippen molar-refractivity contribution in [2.24, 2.45) is 0 Å². The number of fused-ring (bicyclic) bond motifs is 2. The Morgan fingerprint density at radius 3 is 2.62 bits per heavy atom. The van der Waals surface area contributed by atoms with E-state index >= 15 is 0 Å². The average Bonchev–Trinajstić information content (AvgIpc) is 3.61. The molecule has 34 heavy (non-hydrogen) atoms. The first-order valence-electron chi connectivity index (χ1n) is 12.1. The Morgan fingerprint density at radius 1 is 1.03 bits per heavy atom. The molecular formula is C25H29ClN4O4. The molecule has 3 aromatic rings. The number of aliphatic hydroxyl groups is 1. The Bertz CT molecular complexity index is 1150. The Hall–Kier alpha value is -2.23. The van der Waals surface area contributed by atoms with Crippen LogP contribution in [0.3, 0.4) is 0 Å². The Morgan fingerprint density at radius 2 is 1.79 bits per heavy atom. The van der Waals surface area contributed by atoms with E-state index in [4.69, 9.17) is 25.8 Å². The molecule has 6 rings (SSSR count). The summed E-state index contributed by atoms with van der Waals surface area (Å²) in [7, 11) is 0. The lowest BCUT2D eigenvalue weighted by atomic mass is 10.1. The molecule has 180 valence electrons. The monoisotopic (exact) mass is 484 g/mol. The predicted molar refractivity (Wildman–Crippen MR) is 127 cm³/mol. The minimum atomic E-state index is -0.612. The fourth-order valence-corrected chi connectivity index (χ4v) is 5.37. The van der Waals surface area contributed by atoms with Gasteiger partial charge in [0.1, 0.15) is 18.3 Å². The van der Waals surface area contributed by atoms with Gasteiger partial charge >= 0.3 is 0 Å². The third-order valence-electron chi connectivity index (χ3n) is 7.00. The second-order valence-electron chi connectivity index (χ2n) is 9.45. The minimum absolute atomic E-state index is 0.261. The van der Waals surface area contributed by atoms with Crippen molar-refractivity contribution in [2.75, 3.05) is 26.3 Å². The van der Waals surface area contributed by atoms with Crippen molar-refractivity contribution in [3.05, 3.63) is 52.2 Å². The number of likely N-dealkylation sites (tertiary alicyclic amines) is 1. The average molecular weight is 485 g/mol. The van der Waals surface area contributed by atoms with E-state index in [1.165, 1.54) is 37.1 Å². The van der Waals surface area contributed by atoms with Crippen LogP contribution in [0.5, 0.6) is 6.01 Å². The fraction of sp³-hybridized carbons (Fsp3) is 0.520. The van der Waals surface area contributed by atoms with Crippen molar-refractivity contribution < 1.29 is 19.3 Å². The second-order valence-corrected chi connectivity index (χ2v) is 9.86. The summed E-state index contributed by atoms with van der Waals surface area (Å²) >= 11 is 6.53. The first kappa shape index (κ1) is 22.2. The number of aryl methyl sites for hydroxylation is 2. The molecule has 0 amide bonds. The SMILES string of the molecule is O[C@@H]1CO[C@H]2[C@@H]1OC[C@H]2Oc1nc2nc(CCc3ccc(CN4CCCC4)cc3)c(Cl)cc2[nH]1. The zero-order chi connectivity index (χ0) is 23.1. The van der Waals surface area contributed by atoms with Crippen molar-refractivity contribution in [3.63, 3.8) is 0 Å². The predicted octanol–water partition coefficient (Wildman–Crippen LogP) is 2.90. The summed E-state index contributed by atoms with van der Waals surface area (Å²) in [4.78, 5) is 14.8. The first-order valence-corrected chi connectivity index (χ1v) is 12.4. The van der Waals surface area contributed by atoms with E-state index in [1.807, 2.05) is 6.07 Å². The molecule has 3 aliphatic rings. The lowest BCUT2D eigenvalue weighted by Crippen LogP contribution is -2.34. The highest BCUT2D eigenvalue weighted by Crippen LogP contribution is 2.30. The van der Waals surface area contributed by atoms with Crippen LogP contribution in [0.4, 0.5) is 0 Å². The lowest BCUT2D eigenvalue weighted by molar-refractivity contribution is 0.00706. The molecule has 3 aliphatic heterocycles. The number of H-pyrrole nitrogens is 1. The number of benzene rings is 1. The van der Waals surface area contributed by atoms with Crippen LogP contribution in [0.2, 0.25) is 5.02 Å². The van der Waals surface area contributed by atoms with E-state index in [2.05, 4.69) is 44.1 Å². The second kappa shape index (κ2) is 9.43. The van der Waals surface area contributed by atoms with Gasteiger partial charge in [-0.15, -0.1) is 0 Å². The summed E-state index contributed by atoms with van der Waals surface area (Å²) < 4.78 is 17.2. The van der Waals surface area contributed by atoms with Gasteiger partial charge in [0.15, 0.2) is 11.8 Å². The number of nitrogens with one attached hydrogen (secondary N) is 1. The Labute approximate surface area is 203 Å². The zero-order valence-electron chi connectivity index (χ0n) is 19.0. The molecule has 5 heterocycles. The van der Waals surface area contributed by atoms with Gasteiger partial charge in [0.05, 0.1) is 29.4 Å². The van der Waals surface area contributed by atoms with Crippen molar-refractivity contribution in [1.82, 2.24) is 19.9 Å². The summed E-state index contributed by atoms with van der Waals surface area (Å²) in [5.41, 5.74) is 4.74. The molecular weight excluding hydrogens is 456 g/mol. The van der Waals surface area contributed by atoms with E-state index in [9.17, 15) is 5.11 Å². The molecule has 0 spiro atoms. The van der Waals surface area contributed by atoms with Gasteiger partial charge in [-0.25, -0.2) is 4.98 Å². The van der Waals surface area contributed by atoms with Gasteiger partial charge in [-0.2, -0.15) is 4.98 Å². The standard InChI is InChI=1S/C25H29ClN4O4/c26-17-11-19-24(29-25(28-19)34-21-14-33-22-20(31)13-32-23(21)22)27-18(17)8-7-15-3-5-16(6-4-15)12-30-9-1-2-10-30/h3-6,11,20-23,31H,1-2,7-10,12-14H2,(H,27,28,29)/t20-,21-,22-,23-/m1/s1. The number of aromatic nitrogens is 3. The minimum Gasteiger partial charge on any atom is -0.456 e. The summed E-state index contributed by atoms with van der Waals surface area (Å²) in [5.74, 6) is 0. The van der Waals surface area contributed by atoms with Gasteiger partial charge in [-0.3, -0.25) is 4.90 Å². The number of hydrogen-bond acceptors (Lipinski definition) is 7. The summed E-state index contributed by atoms with van der Waals surface area (Å²) in [6.45, 7) is 4.06. The molecule has 0 radical (unpaired) electrons. The maximum absolute atomic E-state index is 9.91. The third-order valence-corrected chi connectivity index (χ3v) is 7.33. The topological polar surface area (TPSA) is 92.7 Å². The molecule has 2 aromatic heterocycles. The van der Waals surface area contributed by atoms with E-state index < -0.39 is 6.10 Å². The molecule has 0 aliphatic carbocycles. The number of halogens is 1. The highest BCUT2D eigenvalue weighted by atomic mass is 35.5.